The van der Waals surface area contributed by atoms with E-state index in [1.165, 1.54) is 6.07 Å². The van der Waals surface area contributed by atoms with Gasteiger partial charge >= 0.3 is 6.03 Å². The van der Waals surface area contributed by atoms with Gasteiger partial charge in [-0.05, 0) is 37.0 Å². The Morgan fingerprint density at radius 3 is 2.57 bits per heavy atom. The molecule has 3 rings (SSSR count). The molecule has 2 saturated heterocycles. The molecule has 2 aliphatic heterocycles. The minimum Gasteiger partial charge on any atom is -0.507 e. The average Bonchev–Trinajstić information content (AvgIpc) is 2.81. The van der Waals surface area contributed by atoms with Gasteiger partial charge in [-0.15, -0.1) is 0 Å². The van der Waals surface area contributed by atoms with Crippen molar-refractivity contribution < 1.29 is 19.5 Å². The lowest BCUT2D eigenvalue weighted by molar-refractivity contribution is -0.125. The molecule has 0 bridgehead atoms. The molecule has 0 radical (unpaired) electrons. The Bertz CT molecular complexity index is 678. The van der Waals surface area contributed by atoms with Crippen molar-refractivity contribution in [2.45, 2.75) is 31.7 Å². The zero-order valence-electron chi connectivity index (χ0n) is 12.9. The number of aromatic hydroxyl groups is 1. The van der Waals surface area contributed by atoms with Gasteiger partial charge in [-0.1, -0.05) is 13.0 Å². The lowest BCUT2D eigenvalue weighted by Gasteiger charge is -2.37. The third-order valence-electron chi connectivity index (χ3n) is 4.62. The number of likely N-dealkylation sites (tertiary alicyclic amines) is 1. The molecule has 0 saturated carbocycles. The van der Waals surface area contributed by atoms with Gasteiger partial charge in [0.25, 0.3) is 11.8 Å². The summed E-state index contributed by atoms with van der Waals surface area (Å²) in [5.41, 5.74) is 0.350. The quantitative estimate of drug-likeness (QED) is 0.702. The molecule has 122 valence electrons. The van der Waals surface area contributed by atoms with Gasteiger partial charge in [-0.2, -0.15) is 0 Å². The summed E-state index contributed by atoms with van der Waals surface area (Å²) >= 11 is 0. The molecule has 1 aromatic rings. The number of urea groups is 1. The number of aryl methyl sites for hydroxylation is 1. The Kier molecular flexibility index (Phi) is 3.71. The third kappa shape index (κ3) is 2.62. The molecule has 1 aromatic carbocycles. The number of rotatable bonds is 2. The van der Waals surface area contributed by atoms with Crippen LogP contribution >= 0.6 is 0 Å². The van der Waals surface area contributed by atoms with E-state index in [1.807, 2.05) is 6.92 Å². The van der Waals surface area contributed by atoms with E-state index in [-0.39, 0.29) is 23.1 Å². The van der Waals surface area contributed by atoms with Crippen LogP contribution in [0.3, 0.4) is 0 Å². The van der Waals surface area contributed by atoms with E-state index in [1.54, 1.807) is 17.0 Å². The number of hydrogen-bond acceptors (Lipinski definition) is 4. The van der Waals surface area contributed by atoms with E-state index in [9.17, 15) is 19.5 Å². The van der Waals surface area contributed by atoms with Crippen molar-refractivity contribution in [3.63, 3.8) is 0 Å². The zero-order chi connectivity index (χ0) is 16.6. The van der Waals surface area contributed by atoms with Crippen LogP contribution in [-0.2, 0) is 11.2 Å². The maximum absolute atomic E-state index is 12.6. The number of phenolic OH excluding ortho intramolecular Hbond substituents is 1. The lowest BCUT2D eigenvalue weighted by Crippen LogP contribution is -2.55. The Labute approximate surface area is 133 Å². The number of phenols is 1. The van der Waals surface area contributed by atoms with Crippen LogP contribution in [0, 0.1) is 0 Å². The van der Waals surface area contributed by atoms with Crippen LogP contribution in [0.1, 0.15) is 35.7 Å². The Hall–Kier alpha value is -2.57. The molecule has 0 aliphatic carbocycles. The van der Waals surface area contributed by atoms with Gasteiger partial charge < -0.3 is 15.3 Å². The Morgan fingerprint density at radius 2 is 2.00 bits per heavy atom. The molecule has 2 heterocycles. The van der Waals surface area contributed by atoms with Crippen LogP contribution < -0.4 is 10.6 Å². The average molecular weight is 317 g/mol. The summed E-state index contributed by atoms with van der Waals surface area (Å²) in [6, 6.07) is 4.53. The molecule has 3 N–H and O–H groups in total. The van der Waals surface area contributed by atoms with Crippen molar-refractivity contribution in [3.05, 3.63) is 29.3 Å². The van der Waals surface area contributed by atoms with E-state index in [2.05, 4.69) is 10.6 Å². The van der Waals surface area contributed by atoms with Gasteiger partial charge in [0.05, 0.1) is 5.56 Å². The summed E-state index contributed by atoms with van der Waals surface area (Å²) in [5.74, 6) is -0.623. The standard InChI is InChI=1S/C16H19N3O4/c1-2-10-3-4-12(20)11(9-10)13(21)19-7-5-16(6-8-19)14(22)17-15(23)18-16/h3-4,9,20H,2,5-8H2,1H3,(H2,17,18,22,23). The monoisotopic (exact) mass is 317 g/mol. The van der Waals surface area contributed by atoms with Gasteiger partial charge in [0.2, 0.25) is 0 Å². The highest BCUT2D eigenvalue weighted by Crippen LogP contribution is 2.28. The SMILES string of the molecule is CCc1ccc(O)c(C(=O)N2CCC3(CC2)NC(=O)NC3=O)c1. The van der Waals surface area contributed by atoms with Crippen molar-refractivity contribution in [3.8, 4) is 5.75 Å². The first-order valence-electron chi connectivity index (χ1n) is 7.70. The molecule has 1 spiro atoms. The number of amides is 4. The van der Waals surface area contributed by atoms with Gasteiger partial charge in [-0.3, -0.25) is 14.9 Å². The molecule has 0 unspecified atom stereocenters. The van der Waals surface area contributed by atoms with Crippen LogP contribution in [0.2, 0.25) is 0 Å². The van der Waals surface area contributed by atoms with Crippen LogP contribution in [0.25, 0.3) is 0 Å². The minimum absolute atomic E-state index is 0.0422. The summed E-state index contributed by atoms with van der Waals surface area (Å²) < 4.78 is 0. The molecule has 7 nitrogen and oxygen atoms in total. The fourth-order valence-corrected chi connectivity index (χ4v) is 3.12. The van der Waals surface area contributed by atoms with Crippen molar-refractivity contribution in [1.82, 2.24) is 15.5 Å². The molecular weight excluding hydrogens is 298 g/mol. The van der Waals surface area contributed by atoms with Crippen LogP contribution in [-0.4, -0.2) is 46.5 Å². The number of carbonyl (C=O) groups excluding carboxylic acids is 3. The van der Waals surface area contributed by atoms with E-state index in [0.717, 1.165) is 12.0 Å². The van der Waals surface area contributed by atoms with Gasteiger partial charge in [0.15, 0.2) is 0 Å². The highest BCUT2D eigenvalue weighted by molar-refractivity contribution is 6.07. The molecule has 4 amide bonds. The molecule has 23 heavy (non-hydrogen) atoms. The van der Waals surface area contributed by atoms with Crippen LogP contribution in [0.15, 0.2) is 18.2 Å². The third-order valence-corrected chi connectivity index (χ3v) is 4.62. The molecule has 2 aliphatic rings. The summed E-state index contributed by atoms with van der Waals surface area (Å²) in [4.78, 5) is 37.5. The molecule has 0 aromatic heterocycles. The summed E-state index contributed by atoms with van der Waals surface area (Å²) in [6.45, 7) is 2.68. The maximum Gasteiger partial charge on any atom is 0.322 e. The fourth-order valence-electron chi connectivity index (χ4n) is 3.12. The number of benzene rings is 1. The minimum atomic E-state index is -0.902. The zero-order valence-corrected chi connectivity index (χ0v) is 12.9. The summed E-state index contributed by atoms with van der Waals surface area (Å²) in [6.07, 6.45) is 1.50. The van der Waals surface area contributed by atoms with Crippen molar-refractivity contribution >= 4 is 17.8 Å². The van der Waals surface area contributed by atoms with E-state index in [0.29, 0.717) is 25.9 Å². The van der Waals surface area contributed by atoms with E-state index < -0.39 is 11.6 Å². The first-order valence-corrected chi connectivity index (χ1v) is 7.70. The van der Waals surface area contributed by atoms with Crippen LogP contribution in [0.5, 0.6) is 5.75 Å². The number of nitrogens with zero attached hydrogens (tertiary/aromatic N) is 1. The number of hydrogen-bond donors (Lipinski definition) is 3. The van der Waals surface area contributed by atoms with Crippen molar-refractivity contribution in [1.29, 1.82) is 0 Å². The molecule has 2 fully saturated rings. The number of nitrogens with one attached hydrogen (secondary N) is 2. The highest BCUT2D eigenvalue weighted by Gasteiger charge is 2.48. The number of piperidine rings is 1. The predicted molar refractivity (Wildman–Crippen MR) is 82.0 cm³/mol. The van der Waals surface area contributed by atoms with Gasteiger partial charge in [0.1, 0.15) is 11.3 Å². The number of carbonyl (C=O) groups is 3. The second-order valence-corrected chi connectivity index (χ2v) is 5.99. The number of imide groups is 1. The second-order valence-electron chi connectivity index (χ2n) is 5.99. The smallest absolute Gasteiger partial charge is 0.322 e. The highest BCUT2D eigenvalue weighted by atomic mass is 16.3. The van der Waals surface area contributed by atoms with Gasteiger partial charge in [0, 0.05) is 13.1 Å². The topological polar surface area (TPSA) is 98.7 Å². The first-order chi connectivity index (χ1) is 10.9. The van der Waals surface area contributed by atoms with Crippen molar-refractivity contribution in [2.24, 2.45) is 0 Å². The lowest BCUT2D eigenvalue weighted by atomic mass is 9.87. The van der Waals surface area contributed by atoms with Crippen LogP contribution in [0.4, 0.5) is 4.79 Å². The Morgan fingerprint density at radius 1 is 1.30 bits per heavy atom. The Balaban J connectivity index is 1.74. The predicted octanol–water partition coefficient (Wildman–Crippen LogP) is 0.769. The summed E-state index contributed by atoms with van der Waals surface area (Å²) in [7, 11) is 0. The van der Waals surface area contributed by atoms with Gasteiger partial charge in [-0.25, -0.2) is 4.79 Å². The fraction of sp³-hybridized carbons (Fsp3) is 0.438. The maximum atomic E-state index is 12.6. The van der Waals surface area contributed by atoms with Crippen molar-refractivity contribution in [2.75, 3.05) is 13.1 Å². The largest absolute Gasteiger partial charge is 0.507 e. The first kappa shape index (κ1) is 15.3. The molecular formula is C16H19N3O4. The normalized spacial score (nSPS) is 19.6. The molecule has 0 atom stereocenters. The van der Waals surface area contributed by atoms with E-state index >= 15 is 0 Å². The molecule has 7 heteroatoms. The second kappa shape index (κ2) is 5.57. The van der Waals surface area contributed by atoms with E-state index in [4.69, 9.17) is 0 Å². The summed E-state index contributed by atoms with van der Waals surface area (Å²) in [5, 5.41) is 14.9.